The minimum atomic E-state index is 0.00475. The molecule has 0 fully saturated rings. The third kappa shape index (κ3) is 2.71. The number of aliphatic hydroxyl groups excluding tert-OH is 1. The molecule has 18 heavy (non-hydrogen) atoms. The first-order valence-corrected chi connectivity index (χ1v) is 6.09. The van der Waals surface area contributed by atoms with Crippen LogP contribution in [0.4, 0.5) is 0 Å². The van der Waals surface area contributed by atoms with E-state index in [1.807, 2.05) is 37.3 Å². The molecule has 2 rings (SSSR count). The van der Waals surface area contributed by atoms with Gasteiger partial charge in [0.15, 0.2) is 0 Å². The molecule has 0 saturated carbocycles. The van der Waals surface area contributed by atoms with E-state index in [-0.39, 0.29) is 6.61 Å². The van der Waals surface area contributed by atoms with Crippen molar-refractivity contribution in [2.24, 2.45) is 0 Å². The van der Waals surface area contributed by atoms with Crippen LogP contribution in [0.5, 0.6) is 5.75 Å². The average molecular weight is 242 g/mol. The van der Waals surface area contributed by atoms with Crippen molar-refractivity contribution in [2.75, 3.05) is 0 Å². The predicted molar refractivity (Wildman–Crippen MR) is 72.6 cm³/mol. The van der Waals surface area contributed by atoms with E-state index >= 15 is 0 Å². The first kappa shape index (κ1) is 12.7. The second-order valence-corrected chi connectivity index (χ2v) is 4.44. The summed E-state index contributed by atoms with van der Waals surface area (Å²) in [5, 5.41) is 9.31. The average Bonchev–Trinajstić information content (AvgIpc) is 2.39. The van der Waals surface area contributed by atoms with Gasteiger partial charge in [0, 0.05) is 5.56 Å². The fourth-order valence-corrected chi connectivity index (χ4v) is 1.97. The summed E-state index contributed by atoms with van der Waals surface area (Å²) in [7, 11) is 0. The van der Waals surface area contributed by atoms with Crippen LogP contribution in [0.3, 0.4) is 0 Å². The van der Waals surface area contributed by atoms with E-state index in [0.29, 0.717) is 6.61 Å². The van der Waals surface area contributed by atoms with Gasteiger partial charge in [-0.2, -0.15) is 0 Å². The maximum absolute atomic E-state index is 9.31. The molecule has 0 atom stereocenters. The Kier molecular flexibility index (Phi) is 4.00. The summed E-state index contributed by atoms with van der Waals surface area (Å²) in [5.41, 5.74) is 4.28. The van der Waals surface area contributed by atoms with Gasteiger partial charge in [-0.05, 0) is 30.5 Å². The molecule has 0 aliphatic heterocycles. The van der Waals surface area contributed by atoms with E-state index in [1.165, 1.54) is 11.1 Å². The maximum atomic E-state index is 9.31. The van der Waals surface area contributed by atoms with Crippen LogP contribution in [0, 0.1) is 13.8 Å². The molecule has 0 aliphatic carbocycles. The molecule has 2 heteroatoms. The number of hydrogen-bond donors (Lipinski definition) is 1. The second-order valence-electron chi connectivity index (χ2n) is 4.44. The van der Waals surface area contributed by atoms with Crippen LogP contribution in [0.25, 0.3) is 0 Å². The Hall–Kier alpha value is -1.80. The highest BCUT2D eigenvalue weighted by molar-refractivity contribution is 5.40. The number of aliphatic hydroxyl groups is 1. The molecule has 0 saturated heterocycles. The largest absolute Gasteiger partial charge is 0.488 e. The van der Waals surface area contributed by atoms with E-state index < -0.39 is 0 Å². The zero-order chi connectivity index (χ0) is 13.0. The van der Waals surface area contributed by atoms with Crippen molar-refractivity contribution in [3.05, 3.63) is 64.7 Å². The van der Waals surface area contributed by atoms with Crippen LogP contribution in [-0.4, -0.2) is 5.11 Å². The van der Waals surface area contributed by atoms with Gasteiger partial charge in [0.05, 0.1) is 6.61 Å². The molecule has 94 valence electrons. The van der Waals surface area contributed by atoms with Crippen molar-refractivity contribution in [1.82, 2.24) is 0 Å². The summed E-state index contributed by atoms with van der Waals surface area (Å²) in [6, 6.07) is 14.0. The van der Waals surface area contributed by atoms with Crippen molar-refractivity contribution >= 4 is 0 Å². The minimum Gasteiger partial charge on any atom is -0.488 e. The Labute approximate surface area is 108 Å². The van der Waals surface area contributed by atoms with Crippen molar-refractivity contribution in [2.45, 2.75) is 27.1 Å². The van der Waals surface area contributed by atoms with E-state index in [0.717, 1.165) is 16.9 Å². The summed E-state index contributed by atoms with van der Waals surface area (Å²) in [4.78, 5) is 0. The number of para-hydroxylation sites is 1. The summed E-state index contributed by atoms with van der Waals surface area (Å²) in [5.74, 6) is 0.795. The van der Waals surface area contributed by atoms with Crippen molar-refractivity contribution in [3.63, 3.8) is 0 Å². The molecule has 1 N–H and O–H groups in total. The van der Waals surface area contributed by atoms with Gasteiger partial charge in [0.1, 0.15) is 12.4 Å². The van der Waals surface area contributed by atoms with E-state index in [4.69, 9.17) is 4.74 Å². The lowest BCUT2D eigenvalue weighted by atomic mass is 10.1. The van der Waals surface area contributed by atoms with Crippen LogP contribution in [0.15, 0.2) is 42.5 Å². The third-order valence-electron chi connectivity index (χ3n) is 3.10. The normalized spacial score (nSPS) is 10.4. The monoisotopic (exact) mass is 242 g/mol. The van der Waals surface area contributed by atoms with Crippen molar-refractivity contribution in [3.8, 4) is 5.75 Å². The minimum absolute atomic E-state index is 0.00475. The molecule has 0 heterocycles. The molecule has 2 nitrogen and oxygen atoms in total. The second kappa shape index (κ2) is 5.69. The van der Waals surface area contributed by atoms with Crippen molar-refractivity contribution < 1.29 is 9.84 Å². The molecule has 0 amide bonds. The van der Waals surface area contributed by atoms with E-state index in [2.05, 4.69) is 19.1 Å². The van der Waals surface area contributed by atoms with Gasteiger partial charge < -0.3 is 9.84 Å². The molecule has 0 bridgehead atoms. The summed E-state index contributed by atoms with van der Waals surface area (Å²) in [6.45, 7) is 4.60. The highest BCUT2D eigenvalue weighted by Gasteiger charge is 2.07. The van der Waals surface area contributed by atoms with E-state index in [1.54, 1.807) is 0 Å². The summed E-state index contributed by atoms with van der Waals surface area (Å²) < 4.78 is 5.87. The van der Waals surface area contributed by atoms with Crippen LogP contribution in [0.2, 0.25) is 0 Å². The van der Waals surface area contributed by atoms with Gasteiger partial charge >= 0.3 is 0 Å². The van der Waals surface area contributed by atoms with Gasteiger partial charge in [-0.25, -0.2) is 0 Å². The number of benzene rings is 2. The Morgan fingerprint density at radius 2 is 1.56 bits per heavy atom. The molecule has 2 aromatic rings. The standard InChI is InChI=1S/C16H18O2/c1-12-6-3-4-8-15(12)11-18-16-13(2)7-5-9-14(16)10-17/h3-9,17H,10-11H2,1-2H3. The molecular weight excluding hydrogens is 224 g/mol. The third-order valence-corrected chi connectivity index (χ3v) is 3.10. The first-order valence-electron chi connectivity index (χ1n) is 6.09. The molecule has 0 radical (unpaired) electrons. The van der Waals surface area contributed by atoms with Gasteiger partial charge in [-0.3, -0.25) is 0 Å². The lowest BCUT2D eigenvalue weighted by molar-refractivity contribution is 0.258. The van der Waals surface area contributed by atoms with Crippen LogP contribution >= 0.6 is 0 Å². The molecule has 2 aromatic carbocycles. The van der Waals surface area contributed by atoms with Crippen LogP contribution in [-0.2, 0) is 13.2 Å². The fraction of sp³-hybridized carbons (Fsp3) is 0.250. The molecule has 0 aliphatic rings. The summed E-state index contributed by atoms with van der Waals surface area (Å²) >= 11 is 0. The quantitative estimate of drug-likeness (QED) is 0.890. The smallest absolute Gasteiger partial charge is 0.128 e. The zero-order valence-corrected chi connectivity index (χ0v) is 10.8. The Morgan fingerprint density at radius 3 is 2.28 bits per heavy atom. The fourth-order valence-electron chi connectivity index (χ4n) is 1.97. The zero-order valence-electron chi connectivity index (χ0n) is 10.8. The molecular formula is C16H18O2. The maximum Gasteiger partial charge on any atom is 0.128 e. The van der Waals surface area contributed by atoms with Crippen molar-refractivity contribution in [1.29, 1.82) is 0 Å². The number of ether oxygens (including phenoxy) is 1. The van der Waals surface area contributed by atoms with E-state index in [9.17, 15) is 5.11 Å². The molecule has 0 spiro atoms. The van der Waals surface area contributed by atoms with Gasteiger partial charge in [-0.1, -0.05) is 42.5 Å². The molecule has 0 unspecified atom stereocenters. The van der Waals surface area contributed by atoms with Gasteiger partial charge in [-0.15, -0.1) is 0 Å². The Bertz CT molecular complexity index is 532. The highest BCUT2D eigenvalue weighted by atomic mass is 16.5. The van der Waals surface area contributed by atoms with Crippen LogP contribution in [0.1, 0.15) is 22.3 Å². The Balaban J connectivity index is 2.18. The SMILES string of the molecule is Cc1ccccc1COc1c(C)cccc1CO. The topological polar surface area (TPSA) is 29.5 Å². The van der Waals surface area contributed by atoms with Gasteiger partial charge in [0.2, 0.25) is 0 Å². The molecule has 0 aromatic heterocycles. The number of aryl methyl sites for hydroxylation is 2. The van der Waals surface area contributed by atoms with Gasteiger partial charge in [0.25, 0.3) is 0 Å². The number of hydrogen-bond acceptors (Lipinski definition) is 2. The predicted octanol–water partition coefficient (Wildman–Crippen LogP) is 3.37. The number of rotatable bonds is 4. The lowest BCUT2D eigenvalue weighted by Crippen LogP contribution is -2.02. The summed E-state index contributed by atoms with van der Waals surface area (Å²) in [6.07, 6.45) is 0. The van der Waals surface area contributed by atoms with Crippen LogP contribution < -0.4 is 4.74 Å². The lowest BCUT2D eigenvalue weighted by Gasteiger charge is -2.14. The first-order chi connectivity index (χ1) is 8.72. The highest BCUT2D eigenvalue weighted by Crippen LogP contribution is 2.24. The Morgan fingerprint density at radius 1 is 0.889 bits per heavy atom.